The molecule has 0 bridgehead atoms. The number of hydrogen-bond acceptors (Lipinski definition) is 2. The Kier molecular flexibility index (Phi) is 7.45. The Bertz CT molecular complexity index is 417. The van der Waals surface area contributed by atoms with Crippen LogP contribution in [0.3, 0.4) is 0 Å². The lowest BCUT2D eigenvalue weighted by Gasteiger charge is -2.09. The third-order valence-corrected chi connectivity index (χ3v) is 3.95. The minimum Gasteiger partial charge on any atom is -0.399 e. The van der Waals surface area contributed by atoms with Gasteiger partial charge in [-0.3, -0.25) is 4.79 Å². The number of hydrogen-bond donors (Lipinski definition) is 2. The molecule has 0 spiro atoms. The standard InChI is InChI=1S/C16H24N2O.ClH/c17-15-10-5-9-14(12-15)16(19)18-11-4-3-8-13-6-1-2-7-13;/h5,9-10,12-13H,1-4,6-8,11,17H2,(H,18,19);1H. The zero-order valence-electron chi connectivity index (χ0n) is 11.9. The number of benzene rings is 1. The van der Waals surface area contributed by atoms with Crippen molar-refractivity contribution in [3.8, 4) is 0 Å². The fourth-order valence-electron chi connectivity index (χ4n) is 2.84. The summed E-state index contributed by atoms with van der Waals surface area (Å²) in [5.41, 5.74) is 6.94. The number of nitrogens with one attached hydrogen (secondary N) is 1. The number of halogens is 1. The SMILES string of the molecule is Cl.Nc1cccc(C(=O)NCCCCC2CCCC2)c1. The molecule has 112 valence electrons. The smallest absolute Gasteiger partial charge is 0.251 e. The van der Waals surface area contributed by atoms with Gasteiger partial charge >= 0.3 is 0 Å². The van der Waals surface area contributed by atoms with Gasteiger partial charge in [0.15, 0.2) is 0 Å². The summed E-state index contributed by atoms with van der Waals surface area (Å²) < 4.78 is 0. The molecule has 1 aromatic carbocycles. The van der Waals surface area contributed by atoms with Crippen LogP contribution in [0.2, 0.25) is 0 Å². The van der Waals surface area contributed by atoms with Gasteiger partial charge in [-0.15, -0.1) is 12.4 Å². The van der Waals surface area contributed by atoms with Crippen LogP contribution in [0.15, 0.2) is 24.3 Å². The first-order valence-corrected chi connectivity index (χ1v) is 7.39. The molecular formula is C16H25ClN2O. The van der Waals surface area contributed by atoms with Gasteiger partial charge in [0.25, 0.3) is 5.91 Å². The Morgan fingerprint density at radius 1 is 1.25 bits per heavy atom. The maximum absolute atomic E-state index is 11.8. The largest absolute Gasteiger partial charge is 0.399 e. The lowest BCUT2D eigenvalue weighted by Crippen LogP contribution is -2.24. The topological polar surface area (TPSA) is 55.1 Å². The molecule has 1 saturated carbocycles. The average Bonchev–Trinajstić information content (AvgIpc) is 2.91. The zero-order valence-corrected chi connectivity index (χ0v) is 12.8. The minimum absolute atomic E-state index is 0. The molecule has 3 nitrogen and oxygen atoms in total. The van der Waals surface area contributed by atoms with Crippen molar-refractivity contribution >= 4 is 24.0 Å². The van der Waals surface area contributed by atoms with E-state index in [0.717, 1.165) is 18.9 Å². The maximum Gasteiger partial charge on any atom is 0.251 e. The molecule has 3 N–H and O–H groups in total. The lowest BCUT2D eigenvalue weighted by molar-refractivity contribution is 0.0953. The summed E-state index contributed by atoms with van der Waals surface area (Å²) in [5.74, 6) is 0.929. The van der Waals surface area contributed by atoms with E-state index in [4.69, 9.17) is 5.73 Å². The molecule has 0 aromatic heterocycles. The van der Waals surface area contributed by atoms with Crippen LogP contribution in [0.5, 0.6) is 0 Å². The second-order valence-electron chi connectivity index (χ2n) is 5.53. The predicted octanol–water partition coefficient (Wildman–Crippen LogP) is 3.78. The van der Waals surface area contributed by atoms with Gasteiger partial charge in [0.1, 0.15) is 0 Å². The molecule has 0 saturated heterocycles. The van der Waals surface area contributed by atoms with E-state index < -0.39 is 0 Å². The van der Waals surface area contributed by atoms with E-state index >= 15 is 0 Å². The van der Waals surface area contributed by atoms with Crippen LogP contribution in [0, 0.1) is 5.92 Å². The predicted molar refractivity (Wildman–Crippen MR) is 86.2 cm³/mol. The molecule has 0 unspecified atom stereocenters. The summed E-state index contributed by atoms with van der Waals surface area (Å²) in [6.07, 6.45) is 9.28. The number of nitrogen functional groups attached to an aromatic ring is 1. The number of carbonyl (C=O) groups excluding carboxylic acids is 1. The summed E-state index contributed by atoms with van der Waals surface area (Å²) >= 11 is 0. The molecule has 1 fully saturated rings. The van der Waals surface area contributed by atoms with E-state index in [0.29, 0.717) is 11.3 Å². The van der Waals surface area contributed by atoms with Crippen molar-refractivity contribution in [2.75, 3.05) is 12.3 Å². The lowest BCUT2D eigenvalue weighted by atomic mass is 10.0. The third kappa shape index (κ3) is 5.41. The van der Waals surface area contributed by atoms with Crippen molar-refractivity contribution in [1.82, 2.24) is 5.32 Å². The van der Waals surface area contributed by atoms with Crippen LogP contribution in [0.4, 0.5) is 5.69 Å². The van der Waals surface area contributed by atoms with Crippen molar-refractivity contribution in [1.29, 1.82) is 0 Å². The number of nitrogens with two attached hydrogens (primary N) is 1. The van der Waals surface area contributed by atoms with Crippen LogP contribution < -0.4 is 11.1 Å². The highest BCUT2D eigenvalue weighted by Gasteiger charge is 2.14. The molecule has 1 aromatic rings. The number of rotatable bonds is 6. The Morgan fingerprint density at radius 3 is 2.70 bits per heavy atom. The van der Waals surface area contributed by atoms with E-state index in [1.54, 1.807) is 18.2 Å². The molecule has 1 aliphatic rings. The molecule has 1 amide bonds. The fourth-order valence-corrected chi connectivity index (χ4v) is 2.84. The quantitative estimate of drug-likeness (QED) is 0.620. The first-order valence-electron chi connectivity index (χ1n) is 7.39. The van der Waals surface area contributed by atoms with Crippen LogP contribution >= 0.6 is 12.4 Å². The highest BCUT2D eigenvalue weighted by Crippen LogP contribution is 2.28. The van der Waals surface area contributed by atoms with Gasteiger partial charge in [-0.2, -0.15) is 0 Å². The Morgan fingerprint density at radius 2 is 2.00 bits per heavy atom. The summed E-state index contributed by atoms with van der Waals surface area (Å²) in [6, 6.07) is 7.11. The highest BCUT2D eigenvalue weighted by atomic mass is 35.5. The zero-order chi connectivity index (χ0) is 13.5. The average molecular weight is 297 g/mol. The summed E-state index contributed by atoms with van der Waals surface area (Å²) in [6.45, 7) is 0.764. The minimum atomic E-state index is -0.0202. The van der Waals surface area contributed by atoms with Gasteiger partial charge < -0.3 is 11.1 Å². The Hall–Kier alpha value is -1.22. The van der Waals surface area contributed by atoms with Crippen LogP contribution in [-0.2, 0) is 0 Å². The molecule has 20 heavy (non-hydrogen) atoms. The van der Waals surface area contributed by atoms with E-state index in [-0.39, 0.29) is 18.3 Å². The monoisotopic (exact) mass is 296 g/mol. The number of unbranched alkanes of at least 4 members (excludes halogenated alkanes) is 1. The van der Waals surface area contributed by atoms with Crippen molar-refractivity contribution < 1.29 is 4.79 Å². The third-order valence-electron chi connectivity index (χ3n) is 3.95. The van der Waals surface area contributed by atoms with Crippen LogP contribution in [0.1, 0.15) is 55.3 Å². The molecule has 0 radical (unpaired) electrons. The molecule has 4 heteroatoms. The molecule has 0 aliphatic heterocycles. The summed E-state index contributed by atoms with van der Waals surface area (Å²) in [5, 5.41) is 2.96. The second kappa shape index (κ2) is 8.85. The fraction of sp³-hybridized carbons (Fsp3) is 0.562. The van der Waals surface area contributed by atoms with Crippen LogP contribution in [-0.4, -0.2) is 12.5 Å². The normalized spacial score (nSPS) is 14.8. The summed E-state index contributed by atoms with van der Waals surface area (Å²) in [4.78, 5) is 11.8. The van der Waals surface area contributed by atoms with Gasteiger partial charge in [0.2, 0.25) is 0 Å². The van der Waals surface area contributed by atoms with Crippen molar-refractivity contribution in [2.45, 2.75) is 44.9 Å². The van der Waals surface area contributed by atoms with Gasteiger partial charge in [-0.1, -0.05) is 44.6 Å². The highest BCUT2D eigenvalue weighted by molar-refractivity contribution is 5.94. The van der Waals surface area contributed by atoms with Crippen molar-refractivity contribution in [2.24, 2.45) is 5.92 Å². The van der Waals surface area contributed by atoms with Gasteiger partial charge in [-0.05, 0) is 30.5 Å². The maximum atomic E-state index is 11.8. The first-order chi connectivity index (χ1) is 9.25. The van der Waals surface area contributed by atoms with E-state index in [1.165, 1.54) is 38.5 Å². The number of anilines is 1. The molecule has 2 rings (SSSR count). The molecular weight excluding hydrogens is 272 g/mol. The van der Waals surface area contributed by atoms with E-state index in [1.807, 2.05) is 6.07 Å². The van der Waals surface area contributed by atoms with E-state index in [2.05, 4.69) is 5.32 Å². The summed E-state index contributed by atoms with van der Waals surface area (Å²) in [7, 11) is 0. The molecule has 1 aliphatic carbocycles. The van der Waals surface area contributed by atoms with Gasteiger partial charge in [0, 0.05) is 17.8 Å². The Balaban J connectivity index is 0.00000200. The second-order valence-corrected chi connectivity index (χ2v) is 5.53. The first kappa shape index (κ1) is 16.8. The van der Waals surface area contributed by atoms with Gasteiger partial charge in [0.05, 0.1) is 0 Å². The molecule has 0 atom stereocenters. The number of amides is 1. The van der Waals surface area contributed by atoms with Crippen LogP contribution in [0.25, 0.3) is 0 Å². The number of carbonyl (C=O) groups is 1. The van der Waals surface area contributed by atoms with Gasteiger partial charge in [-0.25, -0.2) is 0 Å². The Labute approximate surface area is 127 Å². The van der Waals surface area contributed by atoms with Crippen molar-refractivity contribution in [3.05, 3.63) is 29.8 Å². The van der Waals surface area contributed by atoms with Crippen molar-refractivity contribution in [3.63, 3.8) is 0 Å². The molecule has 0 heterocycles. The van der Waals surface area contributed by atoms with E-state index in [9.17, 15) is 4.79 Å².